The van der Waals surface area contributed by atoms with Gasteiger partial charge in [-0.3, -0.25) is 9.69 Å². The van der Waals surface area contributed by atoms with Crippen LogP contribution >= 0.6 is 12.2 Å². The first-order chi connectivity index (χ1) is 6.66. The normalized spacial score (nSPS) is 9.14. The third kappa shape index (κ3) is 2.17. The van der Waals surface area contributed by atoms with Gasteiger partial charge in [0.2, 0.25) is 0 Å². The van der Waals surface area contributed by atoms with Gasteiger partial charge >= 0.3 is 0 Å². The largest absolute Gasteiger partial charge is 0.376 e. The summed E-state index contributed by atoms with van der Waals surface area (Å²) >= 11 is 4.78. The van der Waals surface area contributed by atoms with Crippen LogP contribution in [0.25, 0.3) is 0 Å². The highest BCUT2D eigenvalue weighted by Gasteiger charge is 2.14. The molecule has 0 radical (unpaired) electrons. The van der Waals surface area contributed by atoms with Crippen LogP contribution in [0.3, 0.4) is 0 Å². The number of anilines is 1. The molecule has 0 heterocycles. The second kappa shape index (κ2) is 4.53. The molecular formula is C10H10N2OS. The zero-order valence-corrected chi connectivity index (χ0v) is 8.33. The molecule has 0 unspecified atom stereocenters. The van der Waals surface area contributed by atoms with Crippen molar-refractivity contribution < 1.29 is 4.79 Å². The van der Waals surface area contributed by atoms with Crippen molar-refractivity contribution >= 4 is 28.9 Å². The molecule has 2 N–H and O–H groups in total. The number of nitrogens with two attached hydrogens (primary N) is 1. The second-order valence-electron chi connectivity index (χ2n) is 2.55. The summed E-state index contributed by atoms with van der Waals surface area (Å²) in [5, 5.41) is 0.0149. The van der Waals surface area contributed by atoms with Crippen molar-refractivity contribution in [2.45, 2.75) is 0 Å². The van der Waals surface area contributed by atoms with Crippen LogP contribution in [0.1, 0.15) is 0 Å². The fourth-order valence-corrected chi connectivity index (χ4v) is 1.23. The zero-order valence-electron chi connectivity index (χ0n) is 7.51. The summed E-state index contributed by atoms with van der Waals surface area (Å²) in [4.78, 5) is 12.6. The van der Waals surface area contributed by atoms with Crippen molar-refractivity contribution in [1.82, 2.24) is 0 Å². The van der Waals surface area contributed by atoms with Crippen LogP contribution in [-0.4, -0.2) is 11.0 Å². The number of nitrogens with zero attached hydrogens (tertiary/aromatic N) is 1. The number of benzene rings is 1. The molecule has 14 heavy (non-hydrogen) atoms. The van der Waals surface area contributed by atoms with Crippen LogP contribution in [0.5, 0.6) is 0 Å². The zero-order chi connectivity index (χ0) is 10.6. The lowest BCUT2D eigenvalue weighted by molar-refractivity contribution is -0.113. The molecule has 0 aliphatic rings. The maximum absolute atomic E-state index is 11.4. The molecule has 72 valence electrons. The molecule has 0 atom stereocenters. The Morgan fingerprint density at radius 2 is 2.00 bits per heavy atom. The number of amides is 1. The van der Waals surface area contributed by atoms with Crippen molar-refractivity contribution in [3.05, 3.63) is 43.0 Å². The van der Waals surface area contributed by atoms with Gasteiger partial charge in [0.25, 0.3) is 5.91 Å². The van der Waals surface area contributed by atoms with Gasteiger partial charge in [0, 0.05) is 0 Å². The summed E-state index contributed by atoms with van der Waals surface area (Å²) < 4.78 is 0. The maximum Gasteiger partial charge on any atom is 0.256 e. The SMILES string of the molecule is C=CC(=O)N(C(N)=S)c1ccccc1. The third-order valence-corrected chi connectivity index (χ3v) is 1.81. The standard InChI is InChI=1S/C10H10N2OS/c1-2-9(13)12(10(11)14)8-6-4-3-5-7-8/h2-7H,1H2,(H2,11,14). The molecule has 1 amide bonds. The monoisotopic (exact) mass is 206 g/mol. The Morgan fingerprint density at radius 1 is 1.43 bits per heavy atom. The van der Waals surface area contributed by atoms with E-state index in [1.54, 1.807) is 24.3 Å². The average Bonchev–Trinajstić information content (AvgIpc) is 2.19. The Hall–Kier alpha value is -1.68. The Bertz CT molecular complexity index is 362. The van der Waals surface area contributed by atoms with E-state index < -0.39 is 0 Å². The molecular weight excluding hydrogens is 196 g/mol. The molecule has 0 spiro atoms. The van der Waals surface area contributed by atoms with Crippen molar-refractivity contribution in [3.8, 4) is 0 Å². The van der Waals surface area contributed by atoms with Crippen molar-refractivity contribution in [2.75, 3.05) is 4.90 Å². The fourth-order valence-electron chi connectivity index (χ4n) is 1.03. The lowest BCUT2D eigenvalue weighted by atomic mass is 10.3. The van der Waals surface area contributed by atoms with E-state index in [2.05, 4.69) is 6.58 Å². The van der Waals surface area contributed by atoms with Crippen LogP contribution in [0.2, 0.25) is 0 Å². The molecule has 1 rings (SSSR count). The van der Waals surface area contributed by atoms with Crippen LogP contribution in [0.4, 0.5) is 5.69 Å². The highest BCUT2D eigenvalue weighted by atomic mass is 32.1. The first-order valence-corrected chi connectivity index (χ1v) is 4.38. The molecule has 0 aliphatic heterocycles. The minimum Gasteiger partial charge on any atom is -0.376 e. The summed E-state index contributed by atoms with van der Waals surface area (Å²) in [7, 11) is 0. The van der Waals surface area contributed by atoms with Gasteiger partial charge in [-0.1, -0.05) is 24.8 Å². The molecule has 0 fully saturated rings. The highest BCUT2D eigenvalue weighted by molar-refractivity contribution is 7.80. The lowest BCUT2D eigenvalue weighted by Crippen LogP contribution is -2.39. The molecule has 0 saturated heterocycles. The third-order valence-electron chi connectivity index (χ3n) is 1.63. The quantitative estimate of drug-likeness (QED) is 0.588. The second-order valence-corrected chi connectivity index (χ2v) is 2.97. The maximum atomic E-state index is 11.4. The summed E-state index contributed by atoms with van der Waals surface area (Å²) in [6.45, 7) is 3.38. The van der Waals surface area contributed by atoms with E-state index >= 15 is 0 Å². The number of thiocarbonyl (C=S) groups is 1. The predicted molar refractivity (Wildman–Crippen MR) is 60.9 cm³/mol. The van der Waals surface area contributed by atoms with E-state index in [9.17, 15) is 4.79 Å². The lowest BCUT2D eigenvalue weighted by Gasteiger charge is -2.18. The number of hydrogen-bond acceptors (Lipinski definition) is 2. The Labute approximate surface area is 87.8 Å². The van der Waals surface area contributed by atoms with E-state index in [0.717, 1.165) is 0 Å². The van der Waals surface area contributed by atoms with E-state index in [-0.39, 0.29) is 11.0 Å². The van der Waals surface area contributed by atoms with Gasteiger partial charge in [0.05, 0.1) is 5.69 Å². The Morgan fingerprint density at radius 3 is 2.43 bits per heavy atom. The number of carbonyl (C=O) groups excluding carboxylic acids is 1. The van der Waals surface area contributed by atoms with E-state index in [4.69, 9.17) is 18.0 Å². The minimum absolute atomic E-state index is 0.0149. The van der Waals surface area contributed by atoms with E-state index in [1.165, 1.54) is 11.0 Å². The van der Waals surface area contributed by atoms with Gasteiger partial charge in [0.15, 0.2) is 5.11 Å². The predicted octanol–water partition coefficient (Wildman–Crippen LogP) is 1.45. The topological polar surface area (TPSA) is 46.3 Å². The minimum atomic E-state index is -0.330. The van der Waals surface area contributed by atoms with E-state index in [1.807, 2.05) is 6.07 Å². The van der Waals surface area contributed by atoms with Gasteiger partial charge in [-0.05, 0) is 30.4 Å². The van der Waals surface area contributed by atoms with Crippen LogP contribution in [0, 0.1) is 0 Å². The van der Waals surface area contributed by atoms with Crippen molar-refractivity contribution in [3.63, 3.8) is 0 Å². The summed E-state index contributed by atoms with van der Waals surface area (Å²) in [5.74, 6) is -0.330. The number of rotatable bonds is 2. The molecule has 1 aromatic rings. The highest BCUT2D eigenvalue weighted by Crippen LogP contribution is 2.13. The van der Waals surface area contributed by atoms with Gasteiger partial charge in [-0.25, -0.2) is 0 Å². The summed E-state index contributed by atoms with van der Waals surface area (Å²) in [6, 6.07) is 8.95. The van der Waals surface area contributed by atoms with Crippen molar-refractivity contribution in [2.24, 2.45) is 5.73 Å². The molecule has 4 heteroatoms. The molecule has 0 aromatic heterocycles. The first-order valence-electron chi connectivity index (χ1n) is 3.98. The molecule has 0 aliphatic carbocycles. The summed E-state index contributed by atoms with van der Waals surface area (Å²) in [5.41, 5.74) is 6.08. The number of carbonyl (C=O) groups is 1. The van der Waals surface area contributed by atoms with Gasteiger partial charge in [-0.15, -0.1) is 0 Å². The van der Waals surface area contributed by atoms with Crippen LogP contribution in [0.15, 0.2) is 43.0 Å². The molecule has 0 saturated carbocycles. The Balaban J connectivity index is 3.07. The van der Waals surface area contributed by atoms with Gasteiger partial charge in [0.1, 0.15) is 0 Å². The van der Waals surface area contributed by atoms with Crippen LogP contribution < -0.4 is 10.6 Å². The van der Waals surface area contributed by atoms with Crippen LogP contribution in [-0.2, 0) is 4.79 Å². The molecule has 0 bridgehead atoms. The van der Waals surface area contributed by atoms with Gasteiger partial charge in [-0.2, -0.15) is 0 Å². The average molecular weight is 206 g/mol. The Kier molecular flexibility index (Phi) is 3.36. The summed E-state index contributed by atoms with van der Waals surface area (Å²) in [6.07, 6.45) is 1.17. The first kappa shape index (κ1) is 10.4. The molecule has 1 aromatic carbocycles. The fraction of sp³-hybridized carbons (Fsp3) is 0. The smallest absolute Gasteiger partial charge is 0.256 e. The molecule has 3 nitrogen and oxygen atoms in total. The van der Waals surface area contributed by atoms with Gasteiger partial charge < -0.3 is 5.73 Å². The number of para-hydroxylation sites is 1. The van der Waals surface area contributed by atoms with Crippen molar-refractivity contribution in [1.29, 1.82) is 0 Å². The number of hydrogen-bond donors (Lipinski definition) is 1. The van der Waals surface area contributed by atoms with E-state index in [0.29, 0.717) is 5.69 Å².